The molecule has 0 aliphatic rings. The van der Waals surface area contributed by atoms with Gasteiger partial charge in [0.1, 0.15) is 18.1 Å². The Hall–Kier alpha value is -4.01. The van der Waals surface area contributed by atoms with Gasteiger partial charge in [0.15, 0.2) is 6.61 Å². The van der Waals surface area contributed by atoms with Gasteiger partial charge in [0.2, 0.25) is 0 Å². The van der Waals surface area contributed by atoms with Gasteiger partial charge < -0.3 is 14.8 Å². The first kappa shape index (κ1) is 25.1. The van der Waals surface area contributed by atoms with E-state index in [0.717, 1.165) is 5.56 Å². The molecule has 4 aromatic carbocycles. The maximum atomic E-state index is 12.5. The Kier molecular flexibility index (Phi) is 8.10. The van der Waals surface area contributed by atoms with Crippen molar-refractivity contribution in [3.05, 3.63) is 114 Å². The van der Waals surface area contributed by atoms with Crippen LogP contribution >= 0.6 is 11.6 Å². The number of benzene rings is 4. The number of halogens is 1. The van der Waals surface area contributed by atoms with Gasteiger partial charge >= 0.3 is 0 Å². The highest BCUT2D eigenvalue weighted by Crippen LogP contribution is 2.21. The predicted octanol–water partition coefficient (Wildman–Crippen LogP) is 5.74. The van der Waals surface area contributed by atoms with Crippen LogP contribution in [0.2, 0.25) is 5.02 Å². The third-order valence-electron chi connectivity index (χ3n) is 4.99. The van der Waals surface area contributed by atoms with Crippen molar-refractivity contribution in [3.63, 3.8) is 0 Å². The molecule has 2 N–H and O–H groups in total. The van der Waals surface area contributed by atoms with Crippen molar-refractivity contribution in [2.75, 3.05) is 16.6 Å². The van der Waals surface area contributed by atoms with E-state index in [0.29, 0.717) is 34.5 Å². The molecule has 0 bridgehead atoms. The summed E-state index contributed by atoms with van der Waals surface area (Å²) < 4.78 is 38.8. The Bertz CT molecular complexity index is 1390. The first-order valence-electron chi connectivity index (χ1n) is 11.0. The number of carbonyl (C=O) groups is 1. The van der Waals surface area contributed by atoms with E-state index in [1.165, 1.54) is 24.3 Å². The Morgan fingerprint density at radius 1 is 0.722 bits per heavy atom. The molecule has 0 saturated carbocycles. The van der Waals surface area contributed by atoms with Gasteiger partial charge in [0, 0.05) is 16.4 Å². The average Bonchev–Trinajstić information content (AvgIpc) is 2.89. The predicted molar refractivity (Wildman–Crippen MR) is 140 cm³/mol. The van der Waals surface area contributed by atoms with E-state index >= 15 is 0 Å². The van der Waals surface area contributed by atoms with Crippen LogP contribution in [-0.2, 0) is 21.4 Å². The van der Waals surface area contributed by atoms with Gasteiger partial charge in [-0.05, 0) is 78.4 Å². The number of anilines is 2. The zero-order valence-corrected chi connectivity index (χ0v) is 20.6. The van der Waals surface area contributed by atoms with Crippen molar-refractivity contribution in [2.24, 2.45) is 0 Å². The summed E-state index contributed by atoms with van der Waals surface area (Å²) >= 11 is 5.83. The van der Waals surface area contributed by atoms with Crippen LogP contribution in [0.25, 0.3) is 0 Å². The number of hydrogen-bond donors (Lipinski definition) is 2. The number of hydrogen-bond acceptors (Lipinski definition) is 5. The molecule has 4 rings (SSSR count). The molecule has 1 amide bonds. The van der Waals surface area contributed by atoms with Crippen LogP contribution in [0.15, 0.2) is 108 Å². The largest absolute Gasteiger partial charge is 0.489 e. The monoisotopic (exact) mass is 522 g/mol. The molecular formula is C27H23ClN2O5S. The minimum absolute atomic E-state index is 0.0591. The molecule has 0 aliphatic carbocycles. The van der Waals surface area contributed by atoms with Gasteiger partial charge in [0.05, 0.1) is 4.90 Å². The van der Waals surface area contributed by atoms with Gasteiger partial charge in [0.25, 0.3) is 15.9 Å². The van der Waals surface area contributed by atoms with Gasteiger partial charge in [-0.15, -0.1) is 0 Å². The highest BCUT2D eigenvalue weighted by molar-refractivity contribution is 7.92. The van der Waals surface area contributed by atoms with Crippen LogP contribution in [0.5, 0.6) is 11.5 Å². The lowest BCUT2D eigenvalue weighted by Gasteiger charge is -2.11. The van der Waals surface area contributed by atoms with Crippen LogP contribution in [-0.4, -0.2) is 20.9 Å². The fraction of sp³-hybridized carbons (Fsp3) is 0.0741. The molecule has 184 valence electrons. The van der Waals surface area contributed by atoms with E-state index < -0.39 is 10.0 Å². The third kappa shape index (κ3) is 7.24. The molecule has 0 unspecified atom stereocenters. The SMILES string of the molecule is O=C(COc1ccc(S(=O)(=O)Nc2ccc(Cl)cc2)cc1)Nc1ccc(OCc2ccccc2)cc1. The molecule has 0 spiro atoms. The second-order valence-corrected chi connectivity index (χ2v) is 9.84. The van der Waals surface area contributed by atoms with E-state index in [1.54, 1.807) is 48.5 Å². The summed E-state index contributed by atoms with van der Waals surface area (Å²) in [5.74, 6) is 0.697. The van der Waals surface area contributed by atoms with Crippen LogP contribution in [0, 0.1) is 0 Å². The van der Waals surface area contributed by atoms with E-state index in [1.807, 2.05) is 30.3 Å². The molecule has 9 heteroatoms. The van der Waals surface area contributed by atoms with E-state index in [4.69, 9.17) is 21.1 Å². The average molecular weight is 523 g/mol. The summed E-state index contributed by atoms with van der Waals surface area (Å²) in [7, 11) is -3.78. The maximum absolute atomic E-state index is 12.5. The number of ether oxygens (including phenoxy) is 2. The molecule has 0 saturated heterocycles. The highest BCUT2D eigenvalue weighted by atomic mass is 35.5. The Morgan fingerprint density at radius 2 is 1.31 bits per heavy atom. The summed E-state index contributed by atoms with van der Waals surface area (Å²) in [6.07, 6.45) is 0. The second kappa shape index (κ2) is 11.6. The van der Waals surface area contributed by atoms with Gasteiger partial charge in [-0.2, -0.15) is 0 Å². The topological polar surface area (TPSA) is 93.7 Å². The molecule has 0 radical (unpaired) electrons. The van der Waals surface area contributed by atoms with Crippen molar-refractivity contribution in [3.8, 4) is 11.5 Å². The molecule has 0 heterocycles. The minimum atomic E-state index is -3.78. The normalized spacial score (nSPS) is 10.9. The summed E-state index contributed by atoms with van der Waals surface area (Å²) in [4.78, 5) is 12.3. The smallest absolute Gasteiger partial charge is 0.262 e. The van der Waals surface area contributed by atoms with Crippen molar-refractivity contribution < 1.29 is 22.7 Å². The quantitative estimate of drug-likeness (QED) is 0.277. The molecule has 0 atom stereocenters. The molecule has 0 aromatic heterocycles. The number of nitrogens with one attached hydrogen (secondary N) is 2. The number of rotatable bonds is 10. The van der Waals surface area contributed by atoms with Gasteiger partial charge in [-0.1, -0.05) is 41.9 Å². The molecule has 7 nitrogen and oxygen atoms in total. The van der Waals surface area contributed by atoms with Gasteiger partial charge in [-0.25, -0.2) is 8.42 Å². The Labute approximate surface area is 214 Å². The van der Waals surface area contributed by atoms with E-state index in [9.17, 15) is 13.2 Å². The third-order valence-corrected chi connectivity index (χ3v) is 6.64. The highest BCUT2D eigenvalue weighted by Gasteiger charge is 2.14. The van der Waals surface area contributed by atoms with Crippen molar-refractivity contribution in [1.82, 2.24) is 0 Å². The van der Waals surface area contributed by atoms with Crippen LogP contribution in [0.1, 0.15) is 5.56 Å². The second-order valence-electron chi connectivity index (χ2n) is 7.72. The summed E-state index contributed by atoms with van der Waals surface area (Å²) in [5, 5.41) is 3.25. The summed E-state index contributed by atoms with van der Waals surface area (Å²) in [6, 6.07) is 29.0. The standard InChI is InChI=1S/C27H23ClN2O5S/c28-21-6-8-23(9-7-21)30-36(32,33)26-16-14-25(15-17-26)35-19-27(31)29-22-10-12-24(13-11-22)34-18-20-4-2-1-3-5-20/h1-17,30H,18-19H2,(H,29,31). The fourth-order valence-electron chi connectivity index (χ4n) is 3.17. The summed E-state index contributed by atoms with van der Waals surface area (Å²) in [5.41, 5.74) is 2.06. The molecule has 36 heavy (non-hydrogen) atoms. The molecule has 0 fully saturated rings. The first-order valence-corrected chi connectivity index (χ1v) is 12.8. The molecular weight excluding hydrogens is 500 g/mol. The molecule has 4 aromatic rings. The van der Waals surface area contributed by atoms with Crippen LogP contribution in [0.3, 0.4) is 0 Å². The number of carbonyl (C=O) groups excluding carboxylic acids is 1. The lowest BCUT2D eigenvalue weighted by Crippen LogP contribution is -2.20. The first-order chi connectivity index (χ1) is 17.4. The van der Waals surface area contributed by atoms with Crippen molar-refractivity contribution in [2.45, 2.75) is 11.5 Å². The minimum Gasteiger partial charge on any atom is -0.489 e. The summed E-state index contributed by atoms with van der Waals surface area (Å²) in [6.45, 7) is 0.221. The van der Waals surface area contributed by atoms with Gasteiger partial charge in [-0.3, -0.25) is 9.52 Å². The molecule has 0 aliphatic heterocycles. The maximum Gasteiger partial charge on any atom is 0.262 e. The fourth-order valence-corrected chi connectivity index (χ4v) is 4.35. The van der Waals surface area contributed by atoms with E-state index in [2.05, 4.69) is 10.0 Å². The Morgan fingerprint density at radius 3 is 1.97 bits per heavy atom. The number of amides is 1. The number of sulfonamides is 1. The zero-order chi connectivity index (χ0) is 25.4. The Balaban J connectivity index is 1.25. The zero-order valence-electron chi connectivity index (χ0n) is 19.1. The van der Waals surface area contributed by atoms with Crippen LogP contribution in [0.4, 0.5) is 11.4 Å². The van der Waals surface area contributed by atoms with Crippen molar-refractivity contribution >= 4 is 38.9 Å². The lowest BCUT2D eigenvalue weighted by molar-refractivity contribution is -0.118. The van der Waals surface area contributed by atoms with Crippen LogP contribution < -0.4 is 19.5 Å². The van der Waals surface area contributed by atoms with Crippen molar-refractivity contribution in [1.29, 1.82) is 0 Å². The lowest BCUT2D eigenvalue weighted by atomic mass is 10.2. The van der Waals surface area contributed by atoms with E-state index in [-0.39, 0.29) is 17.4 Å².